The lowest BCUT2D eigenvalue weighted by Crippen LogP contribution is -1.69. The largest absolute Gasteiger partial charge is 0.107 e. The number of hydrogen-bond acceptors (Lipinski definition) is 0. The van der Waals surface area contributed by atoms with Crippen molar-refractivity contribution in [3.63, 3.8) is 0 Å². The van der Waals surface area contributed by atoms with Gasteiger partial charge in [0.05, 0.1) is 0 Å². The molecule has 1 radical (unpaired) electrons. The first-order chi connectivity index (χ1) is 3.91. The van der Waals surface area contributed by atoms with Crippen LogP contribution < -0.4 is 0 Å². The molecule has 0 saturated carbocycles. The van der Waals surface area contributed by atoms with Crippen LogP contribution in [0, 0.1) is 18.8 Å². The highest BCUT2D eigenvalue weighted by Crippen LogP contribution is 1.95. The van der Waals surface area contributed by atoms with Crippen LogP contribution in [0.15, 0.2) is 0 Å². The van der Waals surface area contributed by atoms with Gasteiger partial charge in [0.15, 0.2) is 0 Å². The fourth-order valence-electron chi connectivity index (χ4n) is 0.515. The molecule has 8 heavy (non-hydrogen) atoms. The third kappa shape index (κ3) is 5.56. The summed E-state index contributed by atoms with van der Waals surface area (Å²) in [4.78, 5) is 0. The second kappa shape index (κ2) is 6.56. The van der Waals surface area contributed by atoms with Crippen LogP contribution >= 0.6 is 0 Å². The molecule has 0 heterocycles. The molecule has 0 aliphatic rings. The van der Waals surface area contributed by atoms with Crippen LogP contribution in [-0.2, 0) is 0 Å². The molecule has 45 valence electrons. The predicted molar refractivity (Wildman–Crippen MR) is 37.3 cm³/mol. The van der Waals surface area contributed by atoms with Gasteiger partial charge in [-0.3, -0.25) is 0 Å². The molecule has 0 fully saturated rings. The van der Waals surface area contributed by atoms with Gasteiger partial charge in [0.25, 0.3) is 0 Å². The summed E-state index contributed by atoms with van der Waals surface area (Å²) >= 11 is 0. The van der Waals surface area contributed by atoms with Gasteiger partial charge in [-0.25, -0.2) is 0 Å². The zero-order valence-electron chi connectivity index (χ0n) is 5.54. The summed E-state index contributed by atoms with van der Waals surface area (Å²) in [7, 11) is 0. The average molecular weight is 109 g/mol. The van der Waals surface area contributed by atoms with Gasteiger partial charge < -0.3 is 0 Å². The van der Waals surface area contributed by atoms with Gasteiger partial charge in [-0.2, -0.15) is 0 Å². The molecule has 0 heteroatoms. The Morgan fingerprint density at radius 1 is 1.38 bits per heavy atom. The molecule has 0 aromatic carbocycles. The van der Waals surface area contributed by atoms with Crippen LogP contribution in [-0.4, -0.2) is 0 Å². The summed E-state index contributed by atoms with van der Waals surface area (Å²) in [6.45, 7) is 5.61. The molecule has 0 bridgehead atoms. The van der Waals surface area contributed by atoms with Gasteiger partial charge in [-0.15, -0.1) is 11.8 Å². The molecule has 0 N–H and O–H groups in total. The van der Waals surface area contributed by atoms with Crippen LogP contribution in [0.2, 0.25) is 0 Å². The van der Waals surface area contributed by atoms with E-state index in [4.69, 9.17) is 0 Å². The quantitative estimate of drug-likeness (QED) is 0.385. The summed E-state index contributed by atoms with van der Waals surface area (Å²) in [5.74, 6) is 5.86. The second-order valence-electron chi connectivity index (χ2n) is 1.74. The summed E-state index contributed by atoms with van der Waals surface area (Å²) < 4.78 is 0. The standard InChI is InChI=1S/C8H13/c1-3-5-7-8-6-4-2/h1,3,5,7-8H2,2H3. The van der Waals surface area contributed by atoms with Gasteiger partial charge in [0.1, 0.15) is 0 Å². The minimum atomic E-state index is 1.05. The van der Waals surface area contributed by atoms with E-state index in [-0.39, 0.29) is 0 Å². The predicted octanol–water partition coefficient (Wildman–Crippen LogP) is 2.40. The fourth-order valence-corrected chi connectivity index (χ4v) is 0.515. The average Bonchev–Trinajstić information content (AvgIpc) is 1.81. The Hall–Kier alpha value is -0.440. The van der Waals surface area contributed by atoms with E-state index >= 15 is 0 Å². The van der Waals surface area contributed by atoms with Gasteiger partial charge in [0, 0.05) is 6.42 Å². The molecular weight excluding hydrogens is 96.1 g/mol. The van der Waals surface area contributed by atoms with E-state index in [1.54, 1.807) is 0 Å². The maximum Gasteiger partial charge on any atom is 0.00885 e. The summed E-state index contributed by atoms with van der Waals surface area (Å²) in [5, 5.41) is 0. The number of rotatable bonds is 3. The maximum absolute atomic E-state index is 3.74. The van der Waals surface area contributed by atoms with Gasteiger partial charge >= 0.3 is 0 Å². The number of hydrogen-bond donors (Lipinski definition) is 0. The van der Waals surface area contributed by atoms with Gasteiger partial charge in [0.2, 0.25) is 0 Å². The molecule has 0 spiro atoms. The van der Waals surface area contributed by atoms with Crippen molar-refractivity contribution in [1.29, 1.82) is 0 Å². The summed E-state index contributed by atoms with van der Waals surface area (Å²) in [6.07, 6.45) is 4.52. The Balaban J connectivity index is 2.79. The molecular formula is C8H13. The Bertz CT molecular complexity index is 81.9. The second-order valence-corrected chi connectivity index (χ2v) is 1.74. The first-order valence-corrected chi connectivity index (χ1v) is 3.10. The topological polar surface area (TPSA) is 0 Å². The highest BCUT2D eigenvalue weighted by Gasteiger charge is 1.78. The molecule has 0 rings (SSSR count). The van der Waals surface area contributed by atoms with Crippen LogP contribution in [0.1, 0.15) is 32.6 Å². The normalized spacial score (nSPS) is 7.75. The van der Waals surface area contributed by atoms with Crippen LogP contribution in [0.25, 0.3) is 0 Å². The molecule has 0 atom stereocenters. The van der Waals surface area contributed by atoms with Crippen LogP contribution in [0.3, 0.4) is 0 Å². The monoisotopic (exact) mass is 109 g/mol. The molecule has 0 aromatic rings. The molecule has 0 aromatic heterocycles. The summed E-state index contributed by atoms with van der Waals surface area (Å²) in [6, 6.07) is 0. The van der Waals surface area contributed by atoms with Crippen LogP contribution in [0.5, 0.6) is 0 Å². The molecule has 0 saturated heterocycles. The van der Waals surface area contributed by atoms with Crippen molar-refractivity contribution in [1.82, 2.24) is 0 Å². The zero-order valence-corrected chi connectivity index (χ0v) is 5.54. The SMILES string of the molecule is [CH2]CCCCC#CC. The lowest BCUT2D eigenvalue weighted by Gasteiger charge is -1.86. The van der Waals surface area contributed by atoms with Crippen molar-refractivity contribution in [3.8, 4) is 11.8 Å². The molecule has 0 nitrogen and oxygen atoms in total. The minimum absolute atomic E-state index is 1.05. The van der Waals surface area contributed by atoms with E-state index < -0.39 is 0 Å². The third-order valence-corrected chi connectivity index (χ3v) is 0.979. The summed E-state index contributed by atoms with van der Waals surface area (Å²) in [5.41, 5.74) is 0. The van der Waals surface area contributed by atoms with E-state index in [9.17, 15) is 0 Å². The minimum Gasteiger partial charge on any atom is -0.107 e. The van der Waals surface area contributed by atoms with Gasteiger partial charge in [-0.05, 0) is 13.3 Å². The molecule has 0 aliphatic heterocycles. The first kappa shape index (κ1) is 7.56. The maximum atomic E-state index is 3.74. The van der Waals surface area contributed by atoms with E-state index in [0.717, 1.165) is 12.8 Å². The lowest BCUT2D eigenvalue weighted by atomic mass is 10.2. The Morgan fingerprint density at radius 3 is 2.62 bits per heavy atom. The van der Waals surface area contributed by atoms with Crippen LogP contribution in [0.4, 0.5) is 0 Å². The van der Waals surface area contributed by atoms with Gasteiger partial charge in [-0.1, -0.05) is 19.8 Å². The van der Waals surface area contributed by atoms with E-state index in [0.29, 0.717) is 0 Å². The lowest BCUT2D eigenvalue weighted by molar-refractivity contribution is 0.770. The first-order valence-electron chi connectivity index (χ1n) is 3.10. The van der Waals surface area contributed by atoms with E-state index in [1.165, 1.54) is 12.8 Å². The van der Waals surface area contributed by atoms with Crippen molar-refractivity contribution in [2.24, 2.45) is 0 Å². The highest BCUT2D eigenvalue weighted by molar-refractivity contribution is 4.94. The fraction of sp³-hybridized carbons (Fsp3) is 0.625. The van der Waals surface area contributed by atoms with E-state index in [1.807, 2.05) is 6.92 Å². The Labute approximate surface area is 52.3 Å². The van der Waals surface area contributed by atoms with Crippen molar-refractivity contribution < 1.29 is 0 Å². The highest BCUT2D eigenvalue weighted by atomic mass is 13.8. The Kier molecular flexibility index (Phi) is 6.20. The van der Waals surface area contributed by atoms with Crippen molar-refractivity contribution in [2.75, 3.05) is 0 Å². The number of unbranched alkanes of at least 4 members (excludes halogenated alkanes) is 3. The molecule has 0 unspecified atom stereocenters. The smallest absolute Gasteiger partial charge is 0.00885 e. The molecule has 0 aliphatic carbocycles. The molecule has 0 amide bonds. The van der Waals surface area contributed by atoms with Crippen molar-refractivity contribution >= 4 is 0 Å². The van der Waals surface area contributed by atoms with Crippen molar-refractivity contribution in [2.45, 2.75) is 32.6 Å². The van der Waals surface area contributed by atoms with Crippen molar-refractivity contribution in [3.05, 3.63) is 6.92 Å². The van der Waals surface area contributed by atoms with E-state index in [2.05, 4.69) is 18.8 Å². The Morgan fingerprint density at radius 2 is 2.12 bits per heavy atom. The zero-order chi connectivity index (χ0) is 6.24. The third-order valence-electron chi connectivity index (χ3n) is 0.979.